The van der Waals surface area contributed by atoms with Gasteiger partial charge in [-0.2, -0.15) is 14.3 Å². The Balaban J connectivity index is 1.17. The summed E-state index contributed by atoms with van der Waals surface area (Å²) in [6.07, 6.45) is 14.8. The van der Waals surface area contributed by atoms with Crippen LogP contribution in [0.5, 0.6) is 0 Å². The molecule has 3 N–H and O–H groups in total. The van der Waals surface area contributed by atoms with E-state index in [0.717, 1.165) is 33.6 Å². The molecule has 2 atom stereocenters. The number of hydrogen-bond donors (Lipinski definition) is 3. The van der Waals surface area contributed by atoms with Gasteiger partial charge in [0.15, 0.2) is 5.82 Å². The summed E-state index contributed by atoms with van der Waals surface area (Å²) in [6.45, 7) is 1.23. The van der Waals surface area contributed by atoms with Crippen molar-refractivity contribution in [3.63, 3.8) is 0 Å². The lowest BCUT2D eigenvalue weighted by atomic mass is 9.83. The second kappa shape index (κ2) is 11.6. The number of pyridine rings is 1. The van der Waals surface area contributed by atoms with Gasteiger partial charge in [-0.1, -0.05) is 11.8 Å². The van der Waals surface area contributed by atoms with Crippen LogP contribution in [0, 0.1) is 11.8 Å². The molecular weight excluding hydrogens is 592 g/mol. The van der Waals surface area contributed by atoms with E-state index in [4.69, 9.17) is 0 Å². The van der Waals surface area contributed by atoms with E-state index >= 15 is 0 Å². The highest BCUT2D eigenvalue weighted by atomic mass is 32.2. The Hall–Kier alpha value is -4.16. The fourth-order valence-electron chi connectivity index (χ4n) is 5.77. The van der Waals surface area contributed by atoms with E-state index in [0.29, 0.717) is 67.8 Å². The van der Waals surface area contributed by atoms with Crippen molar-refractivity contribution in [3.8, 4) is 23.2 Å². The summed E-state index contributed by atoms with van der Waals surface area (Å²) in [7, 11) is 0.448. The summed E-state index contributed by atoms with van der Waals surface area (Å²) < 4.78 is 28.2. The number of hydrogen-bond acceptors (Lipinski definition) is 11. The van der Waals surface area contributed by atoms with Gasteiger partial charge in [-0.05, 0) is 76.9 Å². The number of rotatable bonds is 9. The van der Waals surface area contributed by atoms with Crippen LogP contribution in [0.2, 0.25) is 0 Å². The van der Waals surface area contributed by atoms with Crippen LogP contribution >= 0.6 is 0 Å². The van der Waals surface area contributed by atoms with Gasteiger partial charge in [0.25, 0.3) is 10.0 Å². The standard InChI is InChI=1S/C31H36N10O3S/c1-39(2)20-31(42)10-12-32-27(14-31)26-13-29(34-16-22(26)4-3-21-15-35-40(18-21)24-5-6-24)37-28-9-11-33-30(38-28)23-17-36-41(19-23)45(43,44)25-7-8-25/h9,11,13,15-19,24-25,27,32,42H,5-8,10,12,14,20H2,1-2H3,(H,33,34,37,38). The van der Waals surface area contributed by atoms with Crippen molar-refractivity contribution in [1.82, 2.24) is 44.1 Å². The highest BCUT2D eigenvalue weighted by molar-refractivity contribution is 7.90. The van der Waals surface area contributed by atoms with E-state index in [9.17, 15) is 13.5 Å². The lowest BCUT2D eigenvalue weighted by Gasteiger charge is -2.39. The molecule has 1 aliphatic heterocycles. The molecule has 7 rings (SSSR count). The van der Waals surface area contributed by atoms with E-state index in [2.05, 4.69) is 47.6 Å². The molecule has 13 nitrogen and oxygen atoms in total. The number of likely N-dealkylation sites (N-methyl/N-ethyl adjacent to an activating group) is 1. The molecule has 4 aromatic heterocycles. The molecule has 234 valence electrons. The Morgan fingerprint density at radius 1 is 1.09 bits per heavy atom. The quantitative estimate of drug-likeness (QED) is 0.234. The summed E-state index contributed by atoms with van der Waals surface area (Å²) in [4.78, 5) is 15.6. The number of aromatic nitrogens is 7. The summed E-state index contributed by atoms with van der Waals surface area (Å²) in [5.74, 6) is 7.94. The molecule has 0 spiro atoms. The van der Waals surface area contributed by atoms with Crippen LogP contribution in [-0.4, -0.2) is 90.4 Å². The minimum Gasteiger partial charge on any atom is -0.388 e. The molecule has 3 fully saturated rings. The van der Waals surface area contributed by atoms with Gasteiger partial charge < -0.3 is 20.6 Å². The van der Waals surface area contributed by atoms with Crippen LogP contribution in [0.4, 0.5) is 11.6 Å². The smallest absolute Gasteiger partial charge is 0.256 e. The highest BCUT2D eigenvalue weighted by Gasteiger charge is 2.38. The Labute approximate surface area is 262 Å². The van der Waals surface area contributed by atoms with Crippen molar-refractivity contribution in [2.45, 2.75) is 61.5 Å². The van der Waals surface area contributed by atoms with Gasteiger partial charge in [0, 0.05) is 36.7 Å². The zero-order chi connectivity index (χ0) is 31.2. The predicted molar refractivity (Wildman–Crippen MR) is 168 cm³/mol. The molecule has 14 heteroatoms. The molecule has 0 aromatic carbocycles. The van der Waals surface area contributed by atoms with Crippen molar-refractivity contribution in [1.29, 1.82) is 0 Å². The first-order chi connectivity index (χ1) is 21.6. The van der Waals surface area contributed by atoms with Gasteiger partial charge in [0.1, 0.15) is 11.6 Å². The normalized spacial score (nSPS) is 21.8. The maximum Gasteiger partial charge on any atom is 0.256 e. The molecule has 2 aliphatic carbocycles. The molecule has 3 aliphatic rings. The molecule has 2 unspecified atom stereocenters. The van der Waals surface area contributed by atoms with Gasteiger partial charge in [-0.25, -0.2) is 23.4 Å². The largest absolute Gasteiger partial charge is 0.388 e. The van der Waals surface area contributed by atoms with E-state index in [1.54, 1.807) is 24.7 Å². The number of anilines is 2. The topological polar surface area (TPSA) is 156 Å². The fraction of sp³-hybridized carbons (Fsp3) is 0.452. The first kappa shape index (κ1) is 29.5. The molecule has 5 heterocycles. The maximum atomic E-state index is 12.6. The lowest BCUT2D eigenvalue weighted by molar-refractivity contribution is -0.0235. The molecule has 0 amide bonds. The molecule has 2 saturated carbocycles. The summed E-state index contributed by atoms with van der Waals surface area (Å²) in [5.41, 5.74) is 2.19. The van der Waals surface area contributed by atoms with E-state index < -0.39 is 15.6 Å². The van der Waals surface area contributed by atoms with Gasteiger partial charge >= 0.3 is 0 Å². The fourth-order valence-corrected chi connectivity index (χ4v) is 7.25. The van der Waals surface area contributed by atoms with Crippen LogP contribution in [0.1, 0.15) is 67.3 Å². The predicted octanol–water partition coefficient (Wildman–Crippen LogP) is 2.47. The van der Waals surface area contributed by atoms with Crippen molar-refractivity contribution in [2.24, 2.45) is 0 Å². The van der Waals surface area contributed by atoms with Crippen molar-refractivity contribution < 1.29 is 13.5 Å². The van der Waals surface area contributed by atoms with Gasteiger partial charge in [-0.3, -0.25) is 4.68 Å². The van der Waals surface area contributed by atoms with E-state index in [1.165, 1.54) is 12.4 Å². The zero-order valence-corrected chi connectivity index (χ0v) is 26.1. The molecule has 1 saturated heterocycles. The third-order valence-electron chi connectivity index (χ3n) is 8.29. The number of piperidine rings is 1. The number of nitrogens with zero attached hydrogens (tertiary/aromatic N) is 8. The lowest BCUT2D eigenvalue weighted by Crippen LogP contribution is -2.49. The second-order valence-electron chi connectivity index (χ2n) is 12.5. The van der Waals surface area contributed by atoms with Crippen molar-refractivity contribution in [2.75, 3.05) is 32.5 Å². The summed E-state index contributed by atoms with van der Waals surface area (Å²) >= 11 is 0. The van der Waals surface area contributed by atoms with Gasteiger partial charge in [0.05, 0.1) is 46.6 Å². The average Bonchev–Trinajstić information content (AvgIpc) is 3.94. The third-order valence-corrected chi connectivity index (χ3v) is 10.3. The Morgan fingerprint density at radius 2 is 1.93 bits per heavy atom. The molecule has 0 radical (unpaired) electrons. The summed E-state index contributed by atoms with van der Waals surface area (Å²) in [6, 6.07) is 4.00. The molecule has 0 bridgehead atoms. The number of nitrogens with one attached hydrogen (secondary N) is 2. The first-order valence-corrected chi connectivity index (χ1v) is 16.7. The summed E-state index contributed by atoms with van der Waals surface area (Å²) in [5, 5.41) is 26.4. The SMILES string of the molecule is CN(C)CC1(O)CCNC(c2cc(Nc3ccnc(-c4cnn(S(=O)(=O)C5CC5)c4)n3)ncc2C#Cc2cnn(C3CC3)c2)C1. The monoisotopic (exact) mass is 628 g/mol. The van der Waals surface area contributed by atoms with Crippen molar-refractivity contribution >= 4 is 21.7 Å². The van der Waals surface area contributed by atoms with Gasteiger partial charge in [-0.15, -0.1) is 0 Å². The minimum absolute atomic E-state index is 0.147. The van der Waals surface area contributed by atoms with Crippen molar-refractivity contribution in [3.05, 3.63) is 66.0 Å². The van der Waals surface area contributed by atoms with Crippen LogP contribution < -0.4 is 10.6 Å². The Kier molecular flexibility index (Phi) is 7.65. The maximum absolute atomic E-state index is 12.6. The molecule has 4 aromatic rings. The van der Waals surface area contributed by atoms with Gasteiger partial charge in [0.2, 0.25) is 0 Å². The van der Waals surface area contributed by atoms with E-state index in [-0.39, 0.29) is 11.3 Å². The second-order valence-corrected chi connectivity index (χ2v) is 14.6. The first-order valence-electron chi connectivity index (χ1n) is 15.2. The molecular formula is C31H36N10O3S. The van der Waals surface area contributed by atoms with Crippen LogP contribution in [0.3, 0.4) is 0 Å². The molecule has 45 heavy (non-hydrogen) atoms. The van der Waals surface area contributed by atoms with Crippen LogP contribution in [0.15, 0.2) is 49.3 Å². The number of aliphatic hydroxyl groups is 1. The Morgan fingerprint density at radius 3 is 2.71 bits per heavy atom. The van der Waals surface area contributed by atoms with Crippen LogP contribution in [-0.2, 0) is 10.0 Å². The van der Waals surface area contributed by atoms with E-state index in [1.807, 2.05) is 35.9 Å². The Bertz CT molecular complexity index is 1880. The van der Waals surface area contributed by atoms with Crippen LogP contribution in [0.25, 0.3) is 11.4 Å². The highest BCUT2D eigenvalue weighted by Crippen LogP contribution is 2.35. The third kappa shape index (κ3) is 6.62. The average molecular weight is 629 g/mol. The zero-order valence-electron chi connectivity index (χ0n) is 25.3. The minimum atomic E-state index is -3.49.